The lowest BCUT2D eigenvalue weighted by molar-refractivity contribution is -0.141. The van der Waals surface area contributed by atoms with Crippen LogP contribution in [0.1, 0.15) is 38.2 Å². The van der Waals surface area contributed by atoms with E-state index in [4.69, 9.17) is 4.74 Å². The van der Waals surface area contributed by atoms with Crippen LogP contribution in [0.4, 0.5) is 0 Å². The monoisotopic (exact) mass is 306 g/mol. The summed E-state index contributed by atoms with van der Waals surface area (Å²) >= 11 is 2.03. The Morgan fingerprint density at radius 3 is 2.71 bits per heavy atom. The zero-order chi connectivity index (χ0) is 14.8. The number of rotatable bonds is 3. The van der Waals surface area contributed by atoms with Crippen molar-refractivity contribution in [1.29, 1.82) is 0 Å². The second-order valence-corrected chi connectivity index (χ2v) is 8.08. The van der Waals surface area contributed by atoms with Crippen LogP contribution >= 0.6 is 11.8 Å². The van der Waals surface area contributed by atoms with E-state index in [0.29, 0.717) is 5.92 Å². The van der Waals surface area contributed by atoms with Gasteiger partial charge in [-0.05, 0) is 55.6 Å². The highest BCUT2D eigenvalue weighted by atomic mass is 32.2. The van der Waals surface area contributed by atoms with Gasteiger partial charge in [0, 0.05) is 13.0 Å². The van der Waals surface area contributed by atoms with Gasteiger partial charge in [-0.3, -0.25) is 0 Å². The van der Waals surface area contributed by atoms with Crippen LogP contribution in [0.25, 0.3) is 0 Å². The molecule has 3 rings (SSSR count). The average molecular weight is 306 g/mol. The Balaban J connectivity index is 1.69. The fourth-order valence-corrected chi connectivity index (χ4v) is 5.04. The van der Waals surface area contributed by atoms with Gasteiger partial charge in [0.1, 0.15) is 0 Å². The van der Waals surface area contributed by atoms with Gasteiger partial charge in [0.2, 0.25) is 0 Å². The molecule has 1 N–H and O–H groups in total. The van der Waals surface area contributed by atoms with Gasteiger partial charge in [-0.15, -0.1) is 0 Å². The second kappa shape index (κ2) is 6.31. The topological polar surface area (TPSA) is 29.5 Å². The van der Waals surface area contributed by atoms with Gasteiger partial charge in [0.05, 0.1) is 11.2 Å². The molecule has 2 heterocycles. The van der Waals surface area contributed by atoms with Crippen molar-refractivity contribution < 1.29 is 9.84 Å². The van der Waals surface area contributed by atoms with Crippen molar-refractivity contribution >= 4 is 11.8 Å². The van der Waals surface area contributed by atoms with Gasteiger partial charge in [-0.25, -0.2) is 0 Å². The van der Waals surface area contributed by atoms with Gasteiger partial charge < -0.3 is 9.84 Å². The van der Waals surface area contributed by atoms with E-state index in [1.54, 1.807) is 0 Å². The van der Waals surface area contributed by atoms with Gasteiger partial charge in [0.15, 0.2) is 0 Å². The largest absolute Gasteiger partial charge is 0.390 e. The summed E-state index contributed by atoms with van der Waals surface area (Å²) in [5, 5.41) is 11.0. The van der Waals surface area contributed by atoms with Crippen molar-refractivity contribution in [3.63, 3.8) is 0 Å². The molecule has 3 heteroatoms. The molecular weight excluding hydrogens is 280 g/mol. The third-order valence-corrected chi connectivity index (χ3v) is 6.17. The summed E-state index contributed by atoms with van der Waals surface area (Å²) in [4.78, 5) is 0. The van der Waals surface area contributed by atoms with Gasteiger partial charge in [-0.2, -0.15) is 11.8 Å². The van der Waals surface area contributed by atoms with Crippen LogP contribution in [0.5, 0.6) is 0 Å². The molecule has 1 aromatic rings. The van der Waals surface area contributed by atoms with Crippen LogP contribution in [0, 0.1) is 5.92 Å². The number of aliphatic hydroxyl groups is 1. The maximum atomic E-state index is 11.0. The molecule has 2 aliphatic rings. The summed E-state index contributed by atoms with van der Waals surface area (Å²) in [6, 6.07) is 10.4. The molecular formula is C18H26O2S. The summed E-state index contributed by atoms with van der Waals surface area (Å²) in [5.74, 6) is 2.75. The van der Waals surface area contributed by atoms with E-state index >= 15 is 0 Å². The van der Waals surface area contributed by atoms with Gasteiger partial charge in [-0.1, -0.05) is 30.3 Å². The Morgan fingerprint density at radius 2 is 2.00 bits per heavy atom. The SMILES string of the molecule is CC(O)(Cc1ccccc1)C1CCOC2(CCSCC2)C1. The molecule has 0 saturated carbocycles. The first-order valence-corrected chi connectivity index (χ1v) is 9.23. The Hall–Kier alpha value is -0.510. The summed E-state index contributed by atoms with van der Waals surface area (Å²) in [7, 11) is 0. The minimum absolute atomic E-state index is 0.0504. The van der Waals surface area contributed by atoms with Gasteiger partial charge in [0.25, 0.3) is 0 Å². The standard InChI is InChI=1S/C18H26O2S/c1-17(19,13-15-5-3-2-4-6-15)16-7-10-20-18(14-16)8-11-21-12-9-18/h2-6,16,19H,7-14H2,1H3. The number of hydrogen-bond acceptors (Lipinski definition) is 3. The normalized spacial score (nSPS) is 28.2. The third-order valence-electron chi connectivity index (χ3n) is 5.18. The summed E-state index contributed by atoms with van der Waals surface area (Å²) in [6.07, 6.45) is 5.04. The van der Waals surface area contributed by atoms with E-state index < -0.39 is 5.60 Å². The van der Waals surface area contributed by atoms with Crippen LogP contribution in [0.2, 0.25) is 0 Å². The van der Waals surface area contributed by atoms with Crippen LogP contribution in [0.15, 0.2) is 30.3 Å². The lowest BCUT2D eigenvalue weighted by atomic mass is 9.72. The molecule has 0 amide bonds. The lowest BCUT2D eigenvalue weighted by Crippen LogP contribution is -2.49. The van der Waals surface area contributed by atoms with E-state index in [2.05, 4.69) is 24.3 Å². The molecule has 21 heavy (non-hydrogen) atoms. The maximum Gasteiger partial charge on any atom is 0.0702 e. The maximum absolute atomic E-state index is 11.0. The molecule has 2 atom stereocenters. The smallest absolute Gasteiger partial charge is 0.0702 e. The Bertz CT molecular complexity index is 446. The van der Waals surface area contributed by atoms with Crippen LogP contribution < -0.4 is 0 Å². The first-order valence-electron chi connectivity index (χ1n) is 8.08. The number of ether oxygens (including phenoxy) is 1. The molecule has 2 nitrogen and oxygen atoms in total. The predicted molar refractivity (Wildman–Crippen MR) is 88.7 cm³/mol. The first-order chi connectivity index (χ1) is 10.1. The third kappa shape index (κ3) is 3.64. The molecule has 0 radical (unpaired) electrons. The van der Waals surface area contributed by atoms with E-state index in [1.807, 2.05) is 24.8 Å². The van der Waals surface area contributed by atoms with Crippen molar-refractivity contribution in [2.45, 2.75) is 50.2 Å². The number of benzene rings is 1. The van der Waals surface area contributed by atoms with Crippen LogP contribution in [-0.4, -0.2) is 34.4 Å². The minimum Gasteiger partial charge on any atom is -0.390 e. The summed E-state index contributed by atoms with van der Waals surface area (Å²) in [5.41, 5.74) is 0.639. The number of thioether (sulfide) groups is 1. The Morgan fingerprint density at radius 1 is 1.29 bits per heavy atom. The Kier molecular flexibility index (Phi) is 4.63. The van der Waals surface area contributed by atoms with E-state index in [0.717, 1.165) is 38.7 Å². The molecule has 2 fully saturated rings. The van der Waals surface area contributed by atoms with E-state index in [1.165, 1.54) is 17.1 Å². The molecule has 0 aliphatic carbocycles. The van der Waals surface area contributed by atoms with Crippen molar-refractivity contribution in [2.75, 3.05) is 18.1 Å². The molecule has 116 valence electrons. The van der Waals surface area contributed by atoms with Crippen molar-refractivity contribution in [3.05, 3.63) is 35.9 Å². The predicted octanol–water partition coefficient (Wildman–Crippen LogP) is 3.67. The number of hydrogen-bond donors (Lipinski definition) is 1. The van der Waals surface area contributed by atoms with Crippen molar-refractivity contribution in [2.24, 2.45) is 5.92 Å². The molecule has 2 saturated heterocycles. The molecule has 0 bridgehead atoms. The highest BCUT2D eigenvalue weighted by Crippen LogP contribution is 2.43. The van der Waals surface area contributed by atoms with Crippen LogP contribution in [-0.2, 0) is 11.2 Å². The van der Waals surface area contributed by atoms with Crippen molar-refractivity contribution in [3.8, 4) is 0 Å². The summed E-state index contributed by atoms with van der Waals surface area (Å²) in [6.45, 7) is 2.82. The molecule has 0 aromatic heterocycles. The molecule has 2 unspecified atom stereocenters. The van der Waals surface area contributed by atoms with Gasteiger partial charge >= 0.3 is 0 Å². The molecule has 1 aromatic carbocycles. The minimum atomic E-state index is -0.636. The van der Waals surface area contributed by atoms with Crippen LogP contribution in [0.3, 0.4) is 0 Å². The summed E-state index contributed by atoms with van der Waals surface area (Å²) < 4.78 is 6.16. The quantitative estimate of drug-likeness (QED) is 0.924. The highest BCUT2D eigenvalue weighted by molar-refractivity contribution is 7.99. The molecule has 2 aliphatic heterocycles. The molecule has 1 spiro atoms. The second-order valence-electron chi connectivity index (χ2n) is 6.85. The van der Waals surface area contributed by atoms with E-state index in [9.17, 15) is 5.11 Å². The highest BCUT2D eigenvalue weighted by Gasteiger charge is 2.44. The van der Waals surface area contributed by atoms with E-state index in [-0.39, 0.29) is 5.60 Å². The zero-order valence-electron chi connectivity index (χ0n) is 12.9. The fourth-order valence-electron chi connectivity index (χ4n) is 3.80. The average Bonchev–Trinajstić information content (AvgIpc) is 2.49. The fraction of sp³-hybridized carbons (Fsp3) is 0.667. The van der Waals surface area contributed by atoms with Crippen molar-refractivity contribution in [1.82, 2.24) is 0 Å². The Labute approximate surface area is 132 Å². The first kappa shape index (κ1) is 15.4. The lowest BCUT2D eigenvalue weighted by Gasteiger charge is -2.47. The zero-order valence-corrected chi connectivity index (χ0v) is 13.7.